The van der Waals surface area contributed by atoms with Crippen molar-refractivity contribution in [1.82, 2.24) is 5.32 Å². The van der Waals surface area contributed by atoms with Crippen molar-refractivity contribution >= 4 is 33.4 Å². The van der Waals surface area contributed by atoms with E-state index < -0.39 is 0 Å². The van der Waals surface area contributed by atoms with Crippen LogP contribution < -0.4 is 20.1 Å². The van der Waals surface area contributed by atoms with Crippen LogP contribution in [0.25, 0.3) is 0 Å². The molecule has 0 spiro atoms. The molecule has 1 saturated carbocycles. The minimum atomic E-state index is -0.289. The number of hydrogen-bond acceptors (Lipinski definition) is 5. The van der Waals surface area contributed by atoms with Gasteiger partial charge in [-0.05, 0) is 61.6 Å². The van der Waals surface area contributed by atoms with E-state index in [1.165, 1.54) is 0 Å². The van der Waals surface area contributed by atoms with E-state index in [-0.39, 0.29) is 30.4 Å². The summed E-state index contributed by atoms with van der Waals surface area (Å²) in [6.07, 6.45) is 2.84. The Balaban J connectivity index is 1.42. The Morgan fingerprint density at radius 3 is 2.61 bits per heavy atom. The number of nitrogens with zero attached hydrogens (tertiary/aromatic N) is 1. The summed E-state index contributed by atoms with van der Waals surface area (Å²) in [6, 6.07) is 13.0. The van der Waals surface area contributed by atoms with Crippen molar-refractivity contribution < 1.29 is 19.1 Å². The topological polar surface area (TPSA) is 100 Å². The molecule has 2 amide bonds. The first-order valence-corrected chi connectivity index (χ1v) is 11.0. The summed E-state index contributed by atoms with van der Waals surface area (Å²) in [5.41, 5.74) is 1.74. The number of fused-ring (bicyclic) bond motifs is 1. The molecule has 1 aliphatic carbocycles. The lowest BCUT2D eigenvalue weighted by Gasteiger charge is -2.24. The standard InChI is InChI=1S/C23H22BrN3O4/c24-17-6-7-19(27-22(28)16-4-1-14(11-25)2-5-16)18(10-17)23(29)26-12-15-3-8-20-21(9-15)31-13-30-20/h3,6-10,14,16H,1-2,4-5,12-13H2,(H,26,29)(H,27,28). The van der Waals surface area contributed by atoms with Crippen molar-refractivity contribution in [3.8, 4) is 17.6 Å². The number of benzene rings is 2. The Morgan fingerprint density at radius 2 is 1.84 bits per heavy atom. The summed E-state index contributed by atoms with van der Waals surface area (Å²) in [4.78, 5) is 25.6. The van der Waals surface area contributed by atoms with Gasteiger partial charge in [-0.3, -0.25) is 9.59 Å². The summed E-state index contributed by atoms with van der Waals surface area (Å²) >= 11 is 3.40. The minimum Gasteiger partial charge on any atom is -0.454 e. The van der Waals surface area contributed by atoms with E-state index in [0.717, 1.165) is 22.9 Å². The number of anilines is 1. The van der Waals surface area contributed by atoms with Crippen LogP contribution in [0, 0.1) is 23.2 Å². The largest absolute Gasteiger partial charge is 0.454 e. The predicted octanol–water partition coefficient (Wildman–Crippen LogP) is 4.38. The number of amides is 2. The fourth-order valence-electron chi connectivity index (χ4n) is 3.86. The zero-order valence-corrected chi connectivity index (χ0v) is 18.4. The average Bonchev–Trinajstić information content (AvgIpc) is 3.26. The maximum absolute atomic E-state index is 12.9. The highest BCUT2D eigenvalue weighted by Gasteiger charge is 2.27. The van der Waals surface area contributed by atoms with Crippen molar-refractivity contribution in [3.63, 3.8) is 0 Å². The van der Waals surface area contributed by atoms with E-state index in [1.54, 1.807) is 18.2 Å². The highest BCUT2D eigenvalue weighted by molar-refractivity contribution is 9.10. The quantitative estimate of drug-likeness (QED) is 0.657. The second-order valence-corrected chi connectivity index (χ2v) is 8.64. The molecule has 1 fully saturated rings. The summed E-state index contributed by atoms with van der Waals surface area (Å²) < 4.78 is 11.4. The fourth-order valence-corrected chi connectivity index (χ4v) is 4.22. The van der Waals surface area contributed by atoms with Crippen LogP contribution in [0.3, 0.4) is 0 Å². The summed E-state index contributed by atoms with van der Waals surface area (Å²) in [5.74, 6) is 0.849. The lowest BCUT2D eigenvalue weighted by atomic mass is 9.82. The molecule has 2 N–H and O–H groups in total. The summed E-state index contributed by atoms with van der Waals surface area (Å²) in [5, 5.41) is 14.9. The molecule has 0 atom stereocenters. The first-order chi connectivity index (χ1) is 15.0. The lowest BCUT2D eigenvalue weighted by molar-refractivity contribution is -0.120. The molecular weight excluding hydrogens is 462 g/mol. The third-order valence-electron chi connectivity index (χ3n) is 5.65. The van der Waals surface area contributed by atoms with Crippen molar-refractivity contribution in [3.05, 3.63) is 52.0 Å². The van der Waals surface area contributed by atoms with Crippen LogP contribution in [0.2, 0.25) is 0 Å². The molecule has 0 radical (unpaired) electrons. The molecule has 1 heterocycles. The highest BCUT2D eigenvalue weighted by Crippen LogP contribution is 2.33. The van der Waals surface area contributed by atoms with Gasteiger partial charge in [0.25, 0.3) is 5.91 Å². The number of ether oxygens (including phenoxy) is 2. The van der Waals surface area contributed by atoms with Crippen LogP contribution in [0.5, 0.6) is 11.5 Å². The number of nitriles is 1. The molecule has 8 heteroatoms. The van der Waals surface area contributed by atoms with Gasteiger partial charge >= 0.3 is 0 Å². The number of carbonyl (C=O) groups is 2. The van der Waals surface area contributed by atoms with E-state index in [0.29, 0.717) is 42.1 Å². The third kappa shape index (κ3) is 5.00. The van der Waals surface area contributed by atoms with Crippen molar-refractivity contribution in [2.24, 2.45) is 11.8 Å². The van der Waals surface area contributed by atoms with Crippen molar-refractivity contribution in [1.29, 1.82) is 5.26 Å². The van der Waals surface area contributed by atoms with Gasteiger partial charge in [0.05, 0.1) is 17.3 Å². The highest BCUT2D eigenvalue weighted by atomic mass is 79.9. The number of rotatable bonds is 5. The first-order valence-electron chi connectivity index (χ1n) is 10.2. The second kappa shape index (κ2) is 9.40. The Labute approximate surface area is 188 Å². The van der Waals surface area contributed by atoms with E-state index in [4.69, 9.17) is 14.7 Å². The van der Waals surface area contributed by atoms with Gasteiger partial charge in [-0.2, -0.15) is 5.26 Å². The van der Waals surface area contributed by atoms with Gasteiger partial charge in [-0.15, -0.1) is 0 Å². The van der Waals surface area contributed by atoms with E-state index in [9.17, 15) is 9.59 Å². The molecule has 0 bridgehead atoms. The monoisotopic (exact) mass is 483 g/mol. The van der Waals surface area contributed by atoms with Gasteiger partial charge in [0.1, 0.15) is 0 Å². The molecule has 2 aromatic carbocycles. The average molecular weight is 484 g/mol. The van der Waals surface area contributed by atoms with Gasteiger partial charge in [0, 0.05) is 22.9 Å². The van der Waals surface area contributed by atoms with Crippen molar-refractivity contribution in [2.45, 2.75) is 32.2 Å². The normalized spacial score (nSPS) is 19.4. The number of nitrogens with one attached hydrogen (secondary N) is 2. The van der Waals surface area contributed by atoms with Crippen LogP contribution >= 0.6 is 15.9 Å². The molecule has 31 heavy (non-hydrogen) atoms. The van der Waals surface area contributed by atoms with Crippen LogP contribution in [0.15, 0.2) is 40.9 Å². The Kier molecular flexibility index (Phi) is 6.42. The summed E-state index contributed by atoms with van der Waals surface area (Å²) in [6.45, 7) is 0.512. The van der Waals surface area contributed by atoms with E-state index >= 15 is 0 Å². The minimum absolute atomic E-state index is 0.0363. The number of carbonyl (C=O) groups excluding carboxylic acids is 2. The fraction of sp³-hybridized carbons (Fsp3) is 0.348. The molecular formula is C23H22BrN3O4. The smallest absolute Gasteiger partial charge is 0.253 e. The molecule has 0 saturated heterocycles. The Bertz CT molecular complexity index is 1040. The zero-order chi connectivity index (χ0) is 21.8. The molecule has 0 unspecified atom stereocenters. The van der Waals surface area contributed by atoms with E-state index in [1.807, 2.05) is 18.2 Å². The molecule has 0 aromatic heterocycles. The van der Waals surface area contributed by atoms with Gasteiger partial charge in [-0.25, -0.2) is 0 Å². The molecule has 2 aromatic rings. The molecule has 160 valence electrons. The second-order valence-electron chi connectivity index (χ2n) is 7.73. The van der Waals surface area contributed by atoms with Crippen LogP contribution in [-0.2, 0) is 11.3 Å². The molecule has 1 aliphatic heterocycles. The predicted molar refractivity (Wildman–Crippen MR) is 118 cm³/mol. The van der Waals surface area contributed by atoms with Gasteiger partial charge in [0.2, 0.25) is 12.7 Å². The van der Waals surface area contributed by atoms with Crippen LogP contribution in [0.1, 0.15) is 41.6 Å². The maximum atomic E-state index is 12.9. The molecule has 2 aliphatic rings. The first kappa shape index (κ1) is 21.2. The summed E-state index contributed by atoms with van der Waals surface area (Å²) in [7, 11) is 0. The Hall–Kier alpha value is -3.05. The van der Waals surface area contributed by atoms with Gasteiger partial charge in [0.15, 0.2) is 11.5 Å². The SMILES string of the molecule is N#CC1CCC(C(=O)Nc2ccc(Br)cc2C(=O)NCc2ccc3c(c2)OCO3)CC1. The number of halogens is 1. The van der Waals surface area contributed by atoms with Gasteiger partial charge < -0.3 is 20.1 Å². The van der Waals surface area contributed by atoms with Crippen molar-refractivity contribution in [2.75, 3.05) is 12.1 Å². The lowest BCUT2D eigenvalue weighted by Crippen LogP contribution is -2.29. The molecule has 4 rings (SSSR count). The zero-order valence-electron chi connectivity index (χ0n) is 16.8. The van der Waals surface area contributed by atoms with Crippen LogP contribution in [0.4, 0.5) is 5.69 Å². The van der Waals surface area contributed by atoms with Crippen LogP contribution in [-0.4, -0.2) is 18.6 Å². The maximum Gasteiger partial charge on any atom is 0.253 e. The van der Waals surface area contributed by atoms with Gasteiger partial charge in [-0.1, -0.05) is 22.0 Å². The number of hydrogen-bond donors (Lipinski definition) is 2. The molecule has 7 nitrogen and oxygen atoms in total. The third-order valence-corrected chi connectivity index (χ3v) is 6.15. The Morgan fingerprint density at radius 1 is 1.06 bits per heavy atom. The van der Waals surface area contributed by atoms with E-state index in [2.05, 4.69) is 32.6 Å².